The van der Waals surface area contributed by atoms with Crippen LogP contribution < -0.4 is 9.47 Å². The van der Waals surface area contributed by atoms with E-state index in [2.05, 4.69) is 13.8 Å². The maximum absolute atomic E-state index is 12.6. The highest BCUT2D eigenvalue weighted by molar-refractivity contribution is 6.12. The first kappa shape index (κ1) is 27.3. The second kappa shape index (κ2) is 13.7. The molecule has 3 rings (SSSR count). The molecule has 6 nitrogen and oxygen atoms in total. The first-order valence-electron chi connectivity index (χ1n) is 13.1. The number of fused-ring (bicyclic) bond motifs is 2. The van der Waals surface area contributed by atoms with Crippen molar-refractivity contribution in [3.05, 3.63) is 47.5 Å². The summed E-state index contributed by atoms with van der Waals surface area (Å²) < 4.78 is 22.2. The van der Waals surface area contributed by atoms with Gasteiger partial charge in [-0.15, -0.1) is 0 Å². The van der Waals surface area contributed by atoms with Gasteiger partial charge in [-0.3, -0.25) is 0 Å². The van der Waals surface area contributed by atoms with Gasteiger partial charge in [0.05, 0.1) is 13.2 Å². The van der Waals surface area contributed by atoms with E-state index < -0.39 is 12.3 Å². The molecule has 194 valence electrons. The smallest absolute Gasteiger partial charge is 0.434 e. The highest BCUT2D eigenvalue weighted by atomic mass is 16.7. The molecule has 0 aliphatic heterocycles. The highest BCUT2D eigenvalue weighted by Gasteiger charge is 2.21. The molecule has 0 N–H and O–H groups in total. The van der Waals surface area contributed by atoms with Crippen molar-refractivity contribution in [2.75, 3.05) is 13.2 Å². The van der Waals surface area contributed by atoms with Crippen molar-refractivity contribution >= 4 is 33.9 Å². The Morgan fingerprint density at radius 1 is 0.583 bits per heavy atom. The van der Waals surface area contributed by atoms with Gasteiger partial charge in [-0.05, 0) is 38.8 Å². The van der Waals surface area contributed by atoms with Crippen LogP contribution in [0.5, 0.6) is 11.5 Å². The maximum atomic E-state index is 12.6. The van der Waals surface area contributed by atoms with Gasteiger partial charge in [0.15, 0.2) is 0 Å². The third kappa shape index (κ3) is 7.36. The highest BCUT2D eigenvalue weighted by Crippen LogP contribution is 2.43. The van der Waals surface area contributed by atoms with E-state index >= 15 is 0 Å². The summed E-state index contributed by atoms with van der Waals surface area (Å²) >= 11 is 0. The fourth-order valence-electron chi connectivity index (χ4n) is 4.19. The third-order valence-electron chi connectivity index (χ3n) is 6.14. The molecule has 0 atom stereocenters. The summed E-state index contributed by atoms with van der Waals surface area (Å²) in [4.78, 5) is 25.2. The van der Waals surface area contributed by atoms with E-state index in [9.17, 15) is 9.59 Å². The predicted molar refractivity (Wildman–Crippen MR) is 143 cm³/mol. The molecule has 0 heterocycles. The van der Waals surface area contributed by atoms with Crippen LogP contribution in [0.15, 0.2) is 36.4 Å². The summed E-state index contributed by atoms with van der Waals surface area (Å²) in [5.74, 6) is 0.782. The standard InChI is InChI=1S/C30H38O6/c1-5-7-9-11-17-33-29(31)35-27-23-15-13-22(4)20-26(23)28(24-16-14-21(3)19-25(24)27)36-30(32)34-18-12-10-8-6-2/h13-16,19-20H,5-12,17-18H2,1-4H3. The molecule has 36 heavy (non-hydrogen) atoms. The van der Waals surface area contributed by atoms with E-state index in [4.69, 9.17) is 18.9 Å². The van der Waals surface area contributed by atoms with Gasteiger partial charge in [-0.25, -0.2) is 9.59 Å². The zero-order chi connectivity index (χ0) is 25.9. The summed E-state index contributed by atoms with van der Waals surface area (Å²) in [5, 5.41) is 2.65. The lowest BCUT2D eigenvalue weighted by molar-refractivity contribution is 0.0965. The van der Waals surface area contributed by atoms with Crippen molar-refractivity contribution in [1.82, 2.24) is 0 Å². The molecule has 0 radical (unpaired) electrons. The molecule has 0 saturated carbocycles. The summed E-state index contributed by atoms with van der Waals surface area (Å²) in [6.45, 7) is 8.82. The molecule has 0 bridgehead atoms. The van der Waals surface area contributed by atoms with E-state index in [0.717, 1.165) is 62.5 Å². The minimum Gasteiger partial charge on any atom is -0.434 e. The SMILES string of the molecule is CCCCCCOC(=O)Oc1c2ccc(C)cc2c(OC(=O)OCCCCCC)c2ccc(C)cc12. The molecule has 3 aromatic rings. The molecular formula is C30H38O6. The second-order valence-electron chi connectivity index (χ2n) is 9.28. The van der Waals surface area contributed by atoms with Gasteiger partial charge in [0.25, 0.3) is 0 Å². The van der Waals surface area contributed by atoms with Gasteiger partial charge in [-0.1, -0.05) is 87.8 Å². The van der Waals surface area contributed by atoms with Crippen molar-refractivity contribution in [2.45, 2.75) is 79.1 Å². The number of ether oxygens (including phenoxy) is 4. The second-order valence-corrected chi connectivity index (χ2v) is 9.28. The van der Waals surface area contributed by atoms with Crippen LogP contribution >= 0.6 is 0 Å². The van der Waals surface area contributed by atoms with Crippen LogP contribution in [-0.4, -0.2) is 25.5 Å². The third-order valence-corrected chi connectivity index (χ3v) is 6.14. The number of benzene rings is 3. The monoisotopic (exact) mass is 494 g/mol. The van der Waals surface area contributed by atoms with Crippen LogP contribution in [0.3, 0.4) is 0 Å². The number of carbonyl (C=O) groups excluding carboxylic acids is 2. The minimum absolute atomic E-state index is 0.318. The molecule has 0 unspecified atom stereocenters. The van der Waals surface area contributed by atoms with E-state index in [0.29, 0.717) is 46.3 Å². The van der Waals surface area contributed by atoms with Gasteiger partial charge in [0.1, 0.15) is 11.5 Å². The number of rotatable bonds is 12. The van der Waals surface area contributed by atoms with Crippen molar-refractivity contribution in [2.24, 2.45) is 0 Å². The maximum Gasteiger partial charge on any atom is 0.513 e. The topological polar surface area (TPSA) is 71.1 Å². The molecule has 6 heteroatoms. The molecule has 0 aliphatic rings. The van der Waals surface area contributed by atoms with Crippen LogP contribution in [-0.2, 0) is 9.47 Å². The largest absolute Gasteiger partial charge is 0.513 e. The molecule has 0 saturated heterocycles. The van der Waals surface area contributed by atoms with Gasteiger partial charge in [0.2, 0.25) is 0 Å². The Hall–Kier alpha value is -3.28. The molecule has 0 aliphatic carbocycles. The Balaban J connectivity index is 1.93. The normalized spacial score (nSPS) is 11.0. The van der Waals surface area contributed by atoms with Crippen LogP contribution in [0, 0.1) is 13.8 Å². The average Bonchev–Trinajstić information content (AvgIpc) is 2.85. The average molecular weight is 495 g/mol. The Bertz CT molecular complexity index is 1090. The molecule has 3 aromatic carbocycles. The first-order valence-corrected chi connectivity index (χ1v) is 13.1. The Morgan fingerprint density at radius 3 is 1.39 bits per heavy atom. The molecule has 0 amide bonds. The molecule has 0 aromatic heterocycles. The lowest BCUT2D eigenvalue weighted by Gasteiger charge is -2.17. The number of aryl methyl sites for hydroxylation is 2. The molecule has 0 spiro atoms. The van der Waals surface area contributed by atoms with Crippen molar-refractivity contribution in [3.8, 4) is 11.5 Å². The van der Waals surface area contributed by atoms with Crippen molar-refractivity contribution in [3.63, 3.8) is 0 Å². The molecular weight excluding hydrogens is 456 g/mol. The summed E-state index contributed by atoms with van der Waals surface area (Å²) in [7, 11) is 0. The van der Waals surface area contributed by atoms with Crippen LogP contribution in [0.1, 0.15) is 76.3 Å². The Kier molecular flexibility index (Phi) is 10.4. The number of hydrogen-bond donors (Lipinski definition) is 0. The summed E-state index contributed by atoms with van der Waals surface area (Å²) in [6.07, 6.45) is 6.58. The van der Waals surface area contributed by atoms with E-state index in [-0.39, 0.29) is 0 Å². The zero-order valence-electron chi connectivity index (χ0n) is 22.0. The fourth-order valence-corrected chi connectivity index (χ4v) is 4.19. The summed E-state index contributed by atoms with van der Waals surface area (Å²) in [6, 6.07) is 11.5. The lowest BCUT2D eigenvalue weighted by atomic mass is 9.98. The van der Waals surface area contributed by atoms with Gasteiger partial charge < -0.3 is 18.9 Å². The van der Waals surface area contributed by atoms with Crippen LogP contribution in [0.4, 0.5) is 9.59 Å². The van der Waals surface area contributed by atoms with E-state index in [1.165, 1.54) is 0 Å². The number of carbonyl (C=O) groups is 2. The Morgan fingerprint density at radius 2 is 1.00 bits per heavy atom. The van der Waals surface area contributed by atoms with Crippen molar-refractivity contribution < 1.29 is 28.5 Å². The van der Waals surface area contributed by atoms with Crippen molar-refractivity contribution in [1.29, 1.82) is 0 Å². The van der Waals surface area contributed by atoms with Gasteiger partial charge in [0, 0.05) is 21.5 Å². The fraction of sp³-hybridized carbons (Fsp3) is 0.467. The van der Waals surface area contributed by atoms with E-state index in [1.54, 1.807) is 0 Å². The van der Waals surface area contributed by atoms with E-state index in [1.807, 2.05) is 50.2 Å². The quantitative estimate of drug-likeness (QED) is 0.108. The number of unbranched alkanes of at least 4 members (excludes halogenated alkanes) is 6. The minimum atomic E-state index is -0.740. The number of hydrogen-bond acceptors (Lipinski definition) is 6. The van der Waals surface area contributed by atoms with Crippen LogP contribution in [0.25, 0.3) is 21.5 Å². The van der Waals surface area contributed by atoms with Gasteiger partial charge >= 0.3 is 12.3 Å². The first-order chi connectivity index (χ1) is 17.4. The lowest BCUT2D eigenvalue weighted by Crippen LogP contribution is -2.14. The zero-order valence-corrected chi connectivity index (χ0v) is 22.0. The molecule has 0 fully saturated rings. The van der Waals surface area contributed by atoms with Gasteiger partial charge in [-0.2, -0.15) is 0 Å². The predicted octanol–water partition coefficient (Wildman–Crippen LogP) is 8.80. The van der Waals surface area contributed by atoms with Crippen LogP contribution in [0.2, 0.25) is 0 Å². The Labute approximate surface area is 213 Å². The summed E-state index contributed by atoms with van der Waals surface area (Å²) in [5.41, 5.74) is 1.97.